The summed E-state index contributed by atoms with van der Waals surface area (Å²) in [5.74, 6) is -1.19. The summed E-state index contributed by atoms with van der Waals surface area (Å²) in [4.78, 5) is 23.9. The van der Waals surface area contributed by atoms with E-state index in [9.17, 15) is 18.0 Å². The molecule has 0 saturated carbocycles. The molecule has 1 aromatic heterocycles. The maximum absolute atomic E-state index is 12.1. The molecule has 0 spiro atoms. The Hall–Kier alpha value is -2.33. The smallest absolute Gasteiger partial charge is 0.362 e. The summed E-state index contributed by atoms with van der Waals surface area (Å²) in [6.07, 6.45) is 1.08. The van der Waals surface area contributed by atoms with Gasteiger partial charge in [0, 0.05) is 23.4 Å². The Bertz CT molecular complexity index is 828. The van der Waals surface area contributed by atoms with Crippen molar-refractivity contribution < 1.29 is 22.7 Å². The first kappa shape index (κ1) is 17.0. The van der Waals surface area contributed by atoms with Gasteiger partial charge in [-0.2, -0.15) is 0 Å². The molecule has 1 aromatic carbocycles. The molecule has 0 unspecified atom stereocenters. The maximum atomic E-state index is 12.1. The number of anilines is 1. The van der Waals surface area contributed by atoms with Gasteiger partial charge < -0.3 is 10.1 Å². The number of rotatable bonds is 5. The van der Waals surface area contributed by atoms with Crippen LogP contribution in [0, 0.1) is 0 Å². The standard InChI is InChI=1S/C13H13N3O5S2/c1-3-21-13(18)10-12(22-16-15-10)14-11(17)8-4-6-9(7-5-8)23(2,19)20/h4-7H,3H2,1-2H3,(H,14,17). The molecule has 8 nitrogen and oxygen atoms in total. The summed E-state index contributed by atoms with van der Waals surface area (Å²) in [5.41, 5.74) is 0.165. The van der Waals surface area contributed by atoms with E-state index in [1.165, 1.54) is 24.3 Å². The third kappa shape index (κ3) is 4.11. The topological polar surface area (TPSA) is 115 Å². The molecule has 0 saturated heterocycles. The van der Waals surface area contributed by atoms with Crippen LogP contribution in [0.15, 0.2) is 29.2 Å². The third-order valence-electron chi connectivity index (χ3n) is 2.73. The van der Waals surface area contributed by atoms with E-state index in [2.05, 4.69) is 14.9 Å². The van der Waals surface area contributed by atoms with Crippen LogP contribution in [0.5, 0.6) is 0 Å². The van der Waals surface area contributed by atoms with E-state index in [0.29, 0.717) is 0 Å². The predicted octanol–water partition coefficient (Wildman–Crippen LogP) is 1.37. The maximum Gasteiger partial charge on any atom is 0.362 e. The molecule has 1 heterocycles. The molecular weight excluding hydrogens is 342 g/mol. The highest BCUT2D eigenvalue weighted by Crippen LogP contribution is 2.20. The molecule has 0 bridgehead atoms. The predicted molar refractivity (Wildman–Crippen MR) is 83.4 cm³/mol. The fraction of sp³-hybridized carbons (Fsp3) is 0.231. The Morgan fingerprint density at radius 1 is 1.26 bits per heavy atom. The van der Waals surface area contributed by atoms with Crippen LogP contribution < -0.4 is 5.32 Å². The molecule has 1 N–H and O–H groups in total. The molecule has 0 atom stereocenters. The number of nitrogens with one attached hydrogen (secondary N) is 1. The average molecular weight is 355 g/mol. The number of nitrogens with zero attached hydrogens (tertiary/aromatic N) is 2. The zero-order valence-corrected chi connectivity index (χ0v) is 13.9. The molecule has 2 aromatic rings. The van der Waals surface area contributed by atoms with Gasteiger partial charge in [0.2, 0.25) is 5.69 Å². The number of carbonyl (C=O) groups excluding carboxylic acids is 2. The highest BCUT2D eigenvalue weighted by Gasteiger charge is 2.20. The minimum Gasteiger partial charge on any atom is -0.461 e. The summed E-state index contributed by atoms with van der Waals surface area (Å²) in [6, 6.07) is 5.43. The molecule has 0 aliphatic carbocycles. The van der Waals surface area contributed by atoms with Crippen molar-refractivity contribution in [2.45, 2.75) is 11.8 Å². The lowest BCUT2D eigenvalue weighted by Crippen LogP contribution is -2.15. The van der Waals surface area contributed by atoms with Crippen molar-refractivity contribution in [1.82, 2.24) is 9.59 Å². The first-order valence-electron chi connectivity index (χ1n) is 6.44. The number of carbonyl (C=O) groups is 2. The molecular formula is C13H13N3O5S2. The minimum absolute atomic E-state index is 0.0713. The van der Waals surface area contributed by atoms with Gasteiger partial charge in [-0.25, -0.2) is 13.2 Å². The van der Waals surface area contributed by atoms with E-state index in [1.807, 2.05) is 0 Å². The van der Waals surface area contributed by atoms with E-state index >= 15 is 0 Å². The van der Waals surface area contributed by atoms with E-state index in [1.54, 1.807) is 6.92 Å². The second-order valence-corrected chi connectivity index (χ2v) is 7.19. The van der Waals surface area contributed by atoms with Crippen molar-refractivity contribution in [2.75, 3.05) is 18.2 Å². The van der Waals surface area contributed by atoms with E-state index < -0.39 is 21.7 Å². The summed E-state index contributed by atoms with van der Waals surface area (Å²) < 4.78 is 31.2. The van der Waals surface area contributed by atoms with Gasteiger partial charge in [0.05, 0.1) is 11.5 Å². The summed E-state index contributed by atoms with van der Waals surface area (Å²) in [6.45, 7) is 1.83. The van der Waals surface area contributed by atoms with Crippen LogP contribution in [0.1, 0.15) is 27.8 Å². The quantitative estimate of drug-likeness (QED) is 0.805. The van der Waals surface area contributed by atoms with Crippen molar-refractivity contribution in [3.63, 3.8) is 0 Å². The van der Waals surface area contributed by atoms with Crippen LogP contribution in [-0.2, 0) is 14.6 Å². The first-order valence-corrected chi connectivity index (χ1v) is 9.10. The van der Waals surface area contributed by atoms with E-state index in [4.69, 9.17) is 4.74 Å². The molecule has 0 fully saturated rings. The first-order chi connectivity index (χ1) is 10.8. The molecule has 10 heteroatoms. The number of benzene rings is 1. The van der Waals surface area contributed by atoms with Gasteiger partial charge >= 0.3 is 5.97 Å². The summed E-state index contributed by atoms with van der Waals surface area (Å²) >= 11 is 0.844. The molecule has 0 aliphatic heterocycles. The van der Waals surface area contributed by atoms with Crippen LogP contribution in [0.3, 0.4) is 0 Å². The van der Waals surface area contributed by atoms with Gasteiger partial charge in [0.25, 0.3) is 5.91 Å². The van der Waals surface area contributed by atoms with Crippen molar-refractivity contribution >= 4 is 38.2 Å². The molecule has 122 valence electrons. The van der Waals surface area contributed by atoms with Crippen LogP contribution in [-0.4, -0.2) is 42.7 Å². The minimum atomic E-state index is -3.33. The molecule has 23 heavy (non-hydrogen) atoms. The van der Waals surface area contributed by atoms with Crippen LogP contribution in [0.25, 0.3) is 0 Å². The lowest BCUT2D eigenvalue weighted by atomic mass is 10.2. The molecule has 0 radical (unpaired) electrons. The Morgan fingerprint density at radius 2 is 1.91 bits per heavy atom. The van der Waals surface area contributed by atoms with Gasteiger partial charge in [0.15, 0.2) is 14.8 Å². The van der Waals surface area contributed by atoms with Gasteiger partial charge in [-0.15, -0.1) is 5.10 Å². The van der Waals surface area contributed by atoms with Crippen molar-refractivity contribution in [3.05, 3.63) is 35.5 Å². The Balaban J connectivity index is 2.17. The van der Waals surface area contributed by atoms with Gasteiger partial charge in [0.1, 0.15) is 0 Å². The monoisotopic (exact) mass is 355 g/mol. The lowest BCUT2D eigenvalue weighted by Gasteiger charge is -2.05. The SMILES string of the molecule is CCOC(=O)c1nnsc1NC(=O)c1ccc(S(C)(=O)=O)cc1. The largest absolute Gasteiger partial charge is 0.461 e. The molecule has 0 aliphatic rings. The number of hydrogen-bond acceptors (Lipinski definition) is 8. The fourth-order valence-electron chi connectivity index (χ4n) is 1.63. The van der Waals surface area contributed by atoms with Gasteiger partial charge in [-0.05, 0) is 31.2 Å². The number of hydrogen-bond donors (Lipinski definition) is 1. The Morgan fingerprint density at radius 3 is 2.48 bits per heavy atom. The Kier molecular flexibility index (Phi) is 5.06. The summed E-state index contributed by atoms with van der Waals surface area (Å²) in [5, 5.41) is 6.30. The summed E-state index contributed by atoms with van der Waals surface area (Å²) in [7, 11) is -3.33. The van der Waals surface area contributed by atoms with Crippen LogP contribution in [0.4, 0.5) is 5.00 Å². The van der Waals surface area contributed by atoms with Gasteiger partial charge in [-0.3, -0.25) is 4.79 Å². The second-order valence-electron chi connectivity index (χ2n) is 4.42. The van der Waals surface area contributed by atoms with Crippen LogP contribution >= 0.6 is 11.5 Å². The van der Waals surface area contributed by atoms with Crippen molar-refractivity contribution in [1.29, 1.82) is 0 Å². The zero-order valence-electron chi connectivity index (χ0n) is 12.3. The van der Waals surface area contributed by atoms with Crippen molar-refractivity contribution in [2.24, 2.45) is 0 Å². The zero-order chi connectivity index (χ0) is 17.0. The average Bonchev–Trinajstić information content (AvgIpc) is 2.95. The fourth-order valence-corrected chi connectivity index (χ4v) is 2.82. The lowest BCUT2D eigenvalue weighted by molar-refractivity contribution is 0.0520. The van der Waals surface area contributed by atoms with E-state index in [0.717, 1.165) is 17.8 Å². The van der Waals surface area contributed by atoms with E-state index in [-0.39, 0.29) is 27.8 Å². The number of ether oxygens (including phenoxy) is 1. The third-order valence-corrected chi connectivity index (χ3v) is 4.50. The number of esters is 1. The second kappa shape index (κ2) is 6.84. The van der Waals surface area contributed by atoms with Crippen molar-refractivity contribution in [3.8, 4) is 0 Å². The number of aromatic nitrogens is 2. The number of amides is 1. The molecule has 2 rings (SSSR count). The highest BCUT2D eigenvalue weighted by atomic mass is 32.2. The normalized spacial score (nSPS) is 11.0. The Labute approximate surface area is 136 Å². The highest BCUT2D eigenvalue weighted by molar-refractivity contribution is 7.90. The van der Waals surface area contributed by atoms with Gasteiger partial charge in [-0.1, -0.05) is 4.49 Å². The number of sulfone groups is 1. The van der Waals surface area contributed by atoms with Crippen LogP contribution in [0.2, 0.25) is 0 Å². The molecule has 1 amide bonds.